The Morgan fingerprint density at radius 1 is 0.682 bits per heavy atom. The second-order valence-corrected chi connectivity index (χ2v) is 6.71. The quantitative estimate of drug-likeness (QED) is 0.626. The molecule has 0 aliphatic carbocycles. The minimum Gasteiger partial charge on any atom is -0.292 e. The van der Waals surface area contributed by atoms with Crippen molar-refractivity contribution in [2.45, 2.75) is 52.7 Å². The average molecular weight is 310 g/mol. The van der Waals surface area contributed by atoms with Crippen LogP contribution in [0.5, 0.6) is 0 Å². The zero-order valence-electron chi connectivity index (χ0n) is 13.8. The largest absolute Gasteiger partial charge is 0.373 e. The van der Waals surface area contributed by atoms with E-state index in [1.807, 2.05) is 0 Å². The minimum absolute atomic E-state index is 0.262. The molecule has 1 aromatic carbocycles. The van der Waals surface area contributed by atoms with E-state index in [1.54, 1.807) is 41.5 Å². The van der Waals surface area contributed by atoms with Gasteiger partial charge >= 0.3 is 11.9 Å². The first-order valence-electron chi connectivity index (χ1n) is 6.88. The van der Waals surface area contributed by atoms with Crippen LogP contribution in [0, 0.1) is 0 Å². The van der Waals surface area contributed by atoms with E-state index < -0.39 is 23.1 Å². The summed E-state index contributed by atoms with van der Waals surface area (Å²) in [5.74, 6) is -1.28. The third-order valence-electron chi connectivity index (χ3n) is 2.09. The normalized spacial score (nSPS) is 11.9. The van der Waals surface area contributed by atoms with Crippen LogP contribution >= 0.6 is 0 Å². The summed E-state index contributed by atoms with van der Waals surface area (Å²) >= 11 is 0. The highest BCUT2D eigenvalue weighted by atomic mass is 17.2. The number of rotatable bonds is 4. The van der Waals surface area contributed by atoms with Crippen LogP contribution in [0.4, 0.5) is 0 Å². The summed E-state index contributed by atoms with van der Waals surface area (Å²) in [6.07, 6.45) is 0. The Bertz CT molecular complexity index is 470. The monoisotopic (exact) mass is 310 g/mol. The van der Waals surface area contributed by atoms with Crippen molar-refractivity contribution in [1.29, 1.82) is 0 Å². The fraction of sp³-hybridized carbons (Fsp3) is 0.500. The van der Waals surface area contributed by atoms with E-state index in [-0.39, 0.29) is 11.1 Å². The number of benzene rings is 1. The second kappa shape index (κ2) is 6.89. The summed E-state index contributed by atoms with van der Waals surface area (Å²) in [5.41, 5.74) is -0.664. The van der Waals surface area contributed by atoms with E-state index in [0.717, 1.165) is 0 Å². The molecule has 0 aromatic heterocycles. The van der Waals surface area contributed by atoms with E-state index in [0.29, 0.717) is 0 Å². The van der Waals surface area contributed by atoms with Gasteiger partial charge in [-0.3, -0.25) is 9.78 Å². The molecule has 0 saturated carbocycles. The van der Waals surface area contributed by atoms with Crippen molar-refractivity contribution in [2.24, 2.45) is 0 Å². The van der Waals surface area contributed by atoms with E-state index in [2.05, 4.69) is 0 Å². The van der Waals surface area contributed by atoms with Crippen LogP contribution in [0.1, 0.15) is 62.3 Å². The van der Waals surface area contributed by atoms with Gasteiger partial charge in [-0.15, -0.1) is 0 Å². The van der Waals surface area contributed by atoms with Gasteiger partial charge in [-0.25, -0.2) is 9.59 Å². The number of carbonyl (C=O) groups excluding carboxylic acids is 2. The van der Waals surface area contributed by atoms with Crippen molar-refractivity contribution in [3.05, 3.63) is 35.4 Å². The van der Waals surface area contributed by atoms with E-state index in [9.17, 15) is 9.59 Å². The maximum Gasteiger partial charge on any atom is 0.373 e. The molecule has 0 unspecified atom stereocenters. The lowest BCUT2D eigenvalue weighted by molar-refractivity contribution is -0.301. The van der Waals surface area contributed by atoms with Gasteiger partial charge < -0.3 is 0 Å². The van der Waals surface area contributed by atoms with Gasteiger partial charge in [-0.05, 0) is 65.8 Å². The van der Waals surface area contributed by atoms with Crippen molar-refractivity contribution in [3.8, 4) is 0 Å². The molecule has 0 spiro atoms. The molecule has 0 saturated heterocycles. The molecule has 0 aliphatic rings. The molecule has 122 valence electrons. The Morgan fingerprint density at radius 2 is 0.955 bits per heavy atom. The van der Waals surface area contributed by atoms with Crippen LogP contribution in [0.15, 0.2) is 24.3 Å². The van der Waals surface area contributed by atoms with Crippen molar-refractivity contribution in [3.63, 3.8) is 0 Å². The molecule has 0 heterocycles. The fourth-order valence-corrected chi connectivity index (χ4v) is 1.16. The molecule has 0 amide bonds. The molecule has 0 atom stereocenters. The van der Waals surface area contributed by atoms with E-state index >= 15 is 0 Å². The first-order valence-corrected chi connectivity index (χ1v) is 6.88. The molecular formula is C16H22O6. The summed E-state index contributed by atoms with van der Waals surface area (Å²) in [7, 11) is 0. The predicted molar refractivity (Wildman–Crippen MR) is 78.9 cm³/mol. The maximum absolute atomic E-state index is 11.7. The van der Waals surface area contributed by atoms with Gasteiger partial charge in [0.2, 0.25) is 0 Å². The maximum atomic E-state index is 11.7. The fourth-order valence-electron chi connectivity index (χ4n) is 1.16. The highest BCUT2D eigenvalue weighted by Crippen LogP contribution is 2.13. The molecule has 1 aromatic rings. The molecule has 0 N–H and O–H groups in total. The molecule has 0 aliphatic heterocycles. The SMILES string of the molecule is CC(C)(C)OOC(=O)c1ccc(C(=O)OOC(C)(C)C)cc1. The summed E-state index contributed by atoms with van der Waals surface area (Å²) in [6.45, 7) is 10.6. The lowest BCUT2D eigenvalue weighted by Gasteiger charge is -2.17. The first-order chi connectivity index (χ1) is 9.98. The molecule has 0 fully saturated rings. The van der Waals surface area contributed by atoms with Gasteiger partial charge in [0.1, 0.15) is 11.2 Å². The smallest absolute Gasteiger partial charge is 0.292 e. The van der Waals surface area contributed by atoms with E-state index in [1.165, 1.54) is 24.3 Å². The van der Waals surface area contributed by atoms with Crippen LogP contribution < -0.4 is 0 Å². The zero-order valence-corrected chi connectivity index (χ0v) is 13.8. The summed E-state index contributed by atoms with van der Waals surface area (Å²) in [6, 6.07) is 5.79. The van der Waals surface area contributed by atoms with Gasteiger partial charge in [0.05, 0.1) is 11.1 Å². The number of hydrogen-bond acceptors (Lipinski definition) is 6. The average Bonchev–Trinajstić information content (AvgIpc) is 2.40. The first kappa shape index (κ1) is 18.1. The molecule has 0 bridgehead atoms. The standard InChI is InChI=1S/C16H22O6/c1-15(2,3)21-19-13(17)11-7-9-12(10-8-11)14(18)20-22-16(4,5)6/h7-10H,1-6H3. The van der Waals surface area contributed by atoms with Gasteiger partial charge in [-0.2, -0.15) is 9.78 Å². The van der Waals surface area contributed by atoms with Crippen LogP contribution in [0.2, 0.25) is 0 Å². The van der Waals surface area contributed by atoms with Crippen molar-refractivity contribution >= 4 is 11.9 Å². The van der Waals surface area contributed by atoms with E-state index in [4.69, 9.17) is 19.6 Å². The van der Waals surface area contributed by atoms with Crippen molar-refractivity contribution in [1.82, 2.24) is 0 Å². The van der Waals surface area contributed by atoms with Crippen LogP contribution in [0.25, 0.3) is 0 Å². The minimum atomic E-state index is -0.638. The van der Waals surface area contributed by atoms with Crippen molar-refractivity contribution < 1.29 is 29.1 Å². The van der Waals surface area contributed by atoms with Crippen molar-refractivity contribution in [2.75, 3.05) is 0 Å². The Hall–Kier alpha value is -1.92. The Kier molecular flexibility index (Phi) is 5.68. The highest BCUT2D eigenvalue weighted by Gasteiger charge is 2.19. The van der Waals surface area contributed by atoms with Gasteiger partial charge in [-0.1, -0.05) is 0 Å². The molecule has 0 radical (unpaired) electrons. The summed E-state index contributed by atoms with van der Waals surface area (Å²) in [4.78, 5) is 42.8. The molecule has 6 heteroatoms. The van der Waals surface area contributed by atoms with Gasteiger partial charge in [0.15, 0.2) is 0 Å². The lowest BCUT2D eigenvalue weighted by Crippen LogP contribution is -2.22. The molecule has 1 rings (SSSR count). The molecule has 22 heavy (non-hydrogen) atoms. The number of carbonyl (C=O) groups is 2. The molecular weight excluding hydrogens is 288 g/mol. The third-order valence-corrected chi connectivity index (χ3v) is 2.09. The predicted octanol–water partition coefficient (Wildman–Crippen LogP) is 3.46. The summed E-state index contributed by atoms with van der Waals surface area (Å²) in [5, 5.41) is 0. The van der Waals surface area contributed by atoms with Crippen LogP contribution in [0.3, 0.4) is 0 Å². The Morgan fingerprint density at radius 3 is 1.18 bits per heavy atom. The van der Waals surface area contributed by atoms with Gasteiger partial charge in [0, 0.05) is 0 Å². The highest BCUT2D eigenvalue weighted by molar-refractivity contribution is 5.92. The summed E-state index contributed by atoms with van der Waals surface area (Å²) < 4.78 is 0. The van der Waals surface area contributed by atoms with Crippen LogP contribution in [-0.4, -0.2) is 23.1 Å². The molecule has 6 nitrogen and oxygen atoms in total. The van der Waals surface area contributed by atoms with Gasteiger partial charge in [0.25, 0.3) is 0 Å². The Balaban J connectivity index is 2.62. The lowest BCUT2D eigenvalue weighted by atomic mass is 10.1. The van der Waals surface area contributed by atoms with Crippen LogP contribution in [-0.2, 0) is 19.6 Å². The third kappa shape index (κ3) is 6.69. The zero-order chi connectivity index (χ0) is 17.0. The second-order valence-electron chi connectivity index (χ2n) is 6.71. The topological polar surface area (TPSA) is 71.1 Å². The number of hydrogen-bond donors (Lipinski definition) is 0. The Labute approximate surface area is 130 Å².